The van der Waals surface area contributed by atoms with Crippen molar-refractivity contribution in [1.82, 2.24) is 0 Å². The summed E-state index contributed by atoms with van der Waals surface area (Å²) < 4.78 is 1.17. The summed E-state index contributed by atoms with van der Waals surface area (Å²) in [5, 5.41) is 0. The average molecular weight is 421 g/mol. The van der Waals surface area contributed by atoms with Gasteiger partial charge in [-0.15, -0.1) is 0 Å². The Balaban J connectivity index is 2.18. The summed E-state index contributed by atoms with van der Waals surface area (Å²) in [4.78, 5) is 0. The summed E-state index contributed by atoms with van der Waals surface area (Å²) in [5.41, 5.74) is 7.99. The fourth-order valence-corrected chi connectivity index (χ4v) is 4.60. The molecule has 3 aromatic rings. The zero-order valence-corrected chi connectivity index (χ0v) is 18.8. The van der Waals surface area contributed by atoms with E-state index in [1.54, 1.807) is 0 Å². The second kappa shape index (κ2) is 7.28. The largest absolute Gasteiger partial charge is 0.0622 e. The van der Waals surface area contributed by atoms with Crippen LogP contribution in [0.15, 0.2) is 71.2 Å². The summed E-state index contributed by atoms with van der Waals surface area (Å²) in [5.74, 6) is 0. The quantitative estimate of drug-likeness (QED) is 0.390. The van der Waals surface area contributed by atoms with E-state index >= 15 is 0 Å². The third-order valence-corrected chi connectivity index (χ3v) is 5.63. The molecular weight excluding hydrogens is 392 g/mol. The first-order valence-corrected chi connectivity index (χ1v) is 10.4. The van der Waals surface area contributed by atoms with Crippen LogP contribution in [-0.4, -0.2) is 0 Å². The Hall–Kier alpha value is -1.86. The van der Waals surface area contributed by atoms with Crippen molar-refractivity contribution in [2.24, 2.45) is 0 Å². The van der Waals surface area contributed by atoms with Crippen molar-refractivity contribution in [3.8, 4) is 22.3 Å². The highest BCUT2D eigenvalue weighted by molar-refractivity contribution is 9.10. The highest BCUT2D eigenvalue weighted by Crippen LogP contribution is 2.41. The van der Waals surface area contributed by atoms with Crippen molar-refractivity contribution < 1.29 is 0 Å². The number of hydrogen-bond acceptors (Lipinski definition) is 0. The molecule has 0 amide bonds. The molecule has 0 saturated carbocycles. The molecular formula is C26H29Br. The molecule has 140 valence electrons. The van der Waals surface area contributed by atoms with Gasteiger partial charge in [-0.1, -0.05) is 112 Å². The van der Waals surface area contributed by atoms with E-state index in [1.807, 2.05) is 0 Å². The van der Waals surface area contributed by atoms with Crippen molar-refractivity contribution in [3.63, 3.8) is 0 Å². The van der Waals surface area contributed by atoms with E-state index in [9.17, 15) is 0 Å². The summed E-state index contributed by atoms with van der Waals surface area (Å²) in [6.45, 7) is 13.6. The van der Waals surface area contributed by atoms with Gasteiger partial charge < -0.3 is 0 Å². The first-order chi connectivity index (χ1) is 12.6. The predicted octanol–water partition coefficient (Wildman–Crippen LogP) is 8.38. The molecule has 0 aromatic heterocycles. The number of benzene rings is 3. The van der Waals surface area contributed by atoms with E-state index in [0.29, 0.717) is 0 Å². The van der Waals surface area contributed by atoms with Crippen molar-refractivity contribution >= 4 is 15.9 Å². The van der Waals surface area contributed by atoms with Crippen LogP contribution in [0.1, 0.15) is 52.7 Å². The molecule has 0 saturated heterocycles. The summed E-state index contributed by atoms with van der Waals surface area (Å²) in [7, 11) is 0. The molecule has 3 aromatic carbocycles. The van der Waals surface area contributed by atoms with Gasteiger partial charge in [-0.25, -0.2) is 0 Å². The van der Waals surface area contributed by atoms with Gasteiger partial charge in [0.15, 0.2) is 0 Å². The van der Waals surface area contributed by atoms with Gasteiger partial charge in [-0.3, -0.25) is 0 Å². The van der Waals surface area contributed by atoms with Gasteiger partial charge in [-0.2, -0.15) is 0 Å². The average Bonchev–Trinajstić information content (AvgIpc) is 2.60. The van der Waals surface area contributed by atoms with E-state index in [2.05, 4.69) is 124 Å². The van der Waals surface area contributed by atoms with Crippen LogP contribution in [0, 0.1) is 0 Å². The maximum atomic E-state index is 3.87. The van der Waals surface area contributed by atoms with E-state index in [4.69, 9.17) is 0 Å². The lowest BCUT2D eigenvalue weighted by Crippen LogP contribution is -2.14. The van der Waals surface area contributed by atoms with Crippen LogP contribution in [0.3, 0.4) is 0 Å². The van der Waals surface area contributed by atoms with E-state index in [-0.39, 0.29) is 10.8 Å². The van der Waals surface area contributed by atoms with Crippen molar-refractivity contribution in [3.05, 3.63) is 82.3 Å². The number of halogens is 1. The third-order valence-electron chi connectivity index (χ3n) is 5.01. The van der Waals surface area contributed by atoms with Gasteiger partial charge in [0.05, 0.1) is 0 Å². The van der Waals surface area contributed by atoms with Gasteiger partial charge in [0.1, 0.15) is 0 Å². The topological polar surface area (TPSA) is 0 Å². The van der Waals surface area contributed by atoms with Gasteiger partial charge in [0.2, 0.25) is 0 Å². The second-order valence-electron chi connectivity index (χ2n) is 9.32. The standard InChI is InChI=1S/C26H29Br/c1-25(2,3)21-14-12-18(13-15-21)20-16-22(19-10-8-7-9-11-19)24(23(27)17-20)26(4,5)6/h7-17H,1-6H3. The maximum Gasteiger partial charge on any atom is 0.0225 e. The molecule has 27 heavy (non-hydrogen) atoms. The lowest BCUT2D eigenvalue weighted by molar-refractivity contribution is 0.589. The van der Waals surface area contributed by atoms with Crippen molar-refractivity contribution in [1.29, 1.82) is 0 Å². The third kappa shape index (κ3) is 4.35. The van der Waals surface area contributed by atoms with Crippen LogP contribution >= 0.6 is 15.9 Å². The molecule has 0 N–H and O–H groups in total. The first-order valence-electron chi connectivity index (χ1n) is 9.58. The molecule has 0 radical (unpaired) electrons. The highest BCUT2D eigenvalue weighted by Gasteiger charge is 2.23. The smallest absolute Gasteiger partial charge is 0.0225 e. The molecule has 0 heterocycles. The summed E-state index contributed by atoms with van der Waals surface area (Å²) in [6, 6.07) is 24.3. The number of hydrogen-bond donors (Lipinski definition) is 0. The van der Waals surface area contributed by atoms with Crippen LogP contribution in [0.2, 0.25) is 0 Å². The van der Waals surface area contributed by atoms with Crippen LogP contribution in [-0.2, 0) is 10.8 Å². The molecule has 0 aliphatic rings. The molecule has 1 heteroatoms. The first kappa shape index (κ1) is 19.9. The summed E-state index contributed by atoms with van der Waals surface area (Å²) in [6.07, 6.45) is 0. The Morgan fingerprint density at radius 1 is 0.593 bits per heavy atom. The lowest BCUT2D eigenvalue weighted by Gasteiger charge is -2.26. The zero-order valence-electron chi connectivity index (χ0n) is 17.2. The van der Waals surface area contributed by atoms with Gasteiger partial charge in [0.25, 0.3) is 0 Å². The Morgan fingerprint density at radius 3 is 1.70 bits per heavy atom. The van der Waals surface area contributed by atoms with Gasteiger partial charge in [-0.05, 0) is 56.3 Å². The summed E-state index contributed by atoms with van der Waals surface area (Å²) >= 11 is 3.87. The van der Waals surface area contributed by atoms with Crippen molar-refractivity contribution in [2.45, 2.75) is 52.4 Å². The molecule has 0 spiro atoms. The van der Waals surface area contributed by atoms with Gasteiger partial charge >= 0.3 is 0 Å². The molecule has 3 rings (SSSR count). The monoisotopic (exact) mass is 420 g/mol. The van der Waals surface area contributed by atoms with Gasteiger partial charge in [0, 0.05) is 4.47 Å². The Labute approximate surface area is 172 Å². The van der Waals surface area contributed by atoms with E-state index in [1.165, 1.54) is 37.9 Å². The number of rotatable bonds is 2. The molecule has 0 fully saturated rings. The Kier molecular flexibility index (Phi) is 5.36. The minimum atomic E-state index is 0.0542. The molecule has 0 atom stereocenters. The Bertz CT molecular complexity index is 921. The van der Waals surface area contributed by atoms with Crippen LogP contribution in [0.25, 0.3) is 22.3 Å². The SMILES string of the molecule is CC(C)(C)c1ccc(-c2cc(Br)c(C(C)(C)C)c(-c3ccccc3)c2)cc1. The predicted molar refractivity (Wildman–Crippen MR) is 122 cm³/mol. The van der Waals surface area contributed by atoms with E-state index < -0.39 is 0 Å². The molecule has 0 aliphatic heterocycles. The van der Waals surface area contributed by atoms with Crippen LogP contribution < -0.4 is 0 Å². The highest BCUT2D eigenvalue weighted by atomic mass is 79.9. The van der Waals surface area contributed by atoms with Crippen LogP contribution in [0.4, 0.5) is 0 Å². The van der Waals surface area contributed by atoms with Crippen LogP contribution in [0.5, 0.6) is 0 Å². The minimum Gasteiger partial charge on any atom is -0.0622 e. The molecule has 0 unspecified atom stereocenters. The second-order valence-corrected chi connectivity index (χ2v) is 10.2. The minimum absolute atomic E-state index is 0.0542. The fourth-order valence-electron chi connectivity index (χ4n) is 3.54. The fraction of sp³-hybridized carbons (Fsp3) is 0.308. The maximum absolute atomic E-state index is 3.87. The molecule has 0 aliphatic carbocycles. The van der Waals surface area contributed by atoms with E-state index in [0.717, 1.165) is 0 Å². The molecule has 0 bridgehead atoms. The zero-order chi connectivity index (χ0) is 19.8. The Morgan fingerprint density at radius 2 is 1.19 bits per heavy atom. The molecule has 0 nitrogen and oxygen atoms in total. The van der Waals surface area contributed by atoms with Crippen molar-refractivity contribution in [2.75, 3.05) is 0 Å². The lowest BCUT2D eigenvalue weighted by atomic mass is 9.80. The normalized spacial score (nSPS) is 12.3.